The van der Waals surface area contributed by atoms with Crippen LogP contribution in [0.15, 0.2) is 82.6 Å². The van der Waals surface area contributed by atoms with Gasteiger partial charge in [0.15, 0.2) is 0 Å². The molecule has 1 aliphatic heterocycles. The number of ether oxygens (including phenoxy) is 1. The number of carbonyl (C=O) groups excluding carboxylic acids is 2. The predicted molar refractivity (Wildman–Crippen MR) is 140 cm³/mol. The molecule has 2 amide bonds. The summed E-state index contributed by atoms with van der Waals surface area (Å²) in [5.41, 5.74) is 2.33. The summed E-state index contributed by atoms with van der Waals surface area (Å²) in [6.07, 6.45) is 17.1. The molecule has 37 heavy (non-hydrogen) atoms. The van der Waals surface area contributed by atoms with Crippen molar-refractivity contribution in [3.63, 3.8) is 0 Å². The van der Waals surface area contributed by atoms with Crippen molar-refractivity contribution < 1.29 is 18.7 Å². The second kappa shape index (κ2) is 11.2. The minimum Gasteiger partial charge on any atom is -0.495 e. The lowest BCUT2D eigenvalue weighted by atomic mass is 9.76. The highest BCUT2D eigenvalue weighted by molar-refractivity contribution is 6.07. The van der Waals surface area contributed by atoms with E-state index in [9.17, 15) is 9.59 Å². The highest BCUT2D eigenvalue weighted by atomic mass is 16.5. The monoisotopic (exact) mass is 495 g/mol. The Kier molecular flexibility index (Phi) is 7.36. The average Bonchev–Trinajstić information content (AvgIpc) is 3.32. The average molecular weight is 496 g/mol. The maximum atomic E-state index is 13.5. The lowest BCUT2D eigenvalue weighted by Gasteiger charge is -2.39. The molecule has 2 heterocycles. The molecule has 0 unspecified atom stereocenters. The minimum absolute atomic E-state index is 0.00701. The van der Waals surface area contributed by atoms with Gasteiger partial charge in [-0.1, -0.05) is 42.4 Å². The summed E-state index contributed by atoms with van der Waals surface area (Å²) in [6.45, 7) is 0.264. The Morgan fingerprint density at radius 2 is 2.05 bits per heavy atom. The zero-order valence-corrected chi connectivity index (χ0v) is 20.7. The molecule has 0 saturated heterocycles. The normalized spacial score (nSPS) is 22.4. The van der Waals surface area contributed by atoms with Crippen LogP contribution in [0.5, 0.6) is 5.75 Å². The first-order valence-corrected chi connectivity index (χ1v) is 12.5. The number of fused-ring (bicyclic) bond motifs is 1. The van der Waals surface area contributed by atoms with Crippen molar-refractivity contribution in [1.29, 1.82) is 0 Å². The molecule has 0 saturated carbocycles. The highest BCUT2D eigenvalue weighted by Gasteiger charge is 2.41. The third-order valence-corrected chi connectivity index (χ3v) is 6.88. The number of hydrazone groups is 1. The van der Waals surface area contributed by atoms with Crippen molar-refractivity contribution in [2.75, 3.05) is 7.11 Å². The molecule has 0 fully saturated rings. The highest BCUT2D eigenvalue weighted by Crippen LogP contribution is 2.37. The molecule has 2 aromatic rings. The largest absolute Gasteiger partial charge is 0.495 e. The van der Waals surface area contributed by atoms with E-state index in [1.165, 1.54) is 0 Å². The molecule has 7 heteroatoms. The summed E-state index contributed by atoms with van der Waals surface area (Å²) in [6, 6.07) is 9.16. The standard InChI is InChI=1S/C30H29N3O4/c1-36-27-16-14-22(19-21(27)15-17-28(34)31-20-24-11-8-18-37-24)29-25-12-6-7-13-26(25)30(35)33(32-29)23-9-4-2-3-5-10-23/h2-4,6-9,11,14,16,18-19,23,25-26H,5,10,12-13,20H2,1H3,(H,31,34)/t23-,25-,26+/m0/s1. The third kappa shape index (κ3) is 5.44. The summed E-state index contributed by atoms with van der Waals surface area (Å²) in [5.74, 6) is 6.32. The number of hydrogen-bond donors (Lipinski definition) is 1. The molecule has 5 rings (SSSR count). The second-order valence-corrected chi connectivity index (χ2v) is 9.21. The van der Waals surface area contributed by atoms with Crippen molar-refractivity contribution in [3.05, 3.63) is 89.9 Å². The predicted octanol–water partition coefficient (Wildman–Crippen LogP) is 4.36. The number of hydrogen-bond acceptors (Lipinski definition) is 5. The van der Waals surface area contributed by atoms with E-state index in [2.05, 4.69) is 35.4 Å². The molecule has 0 bridgehead atoms. The van der Waals surface area contributed by atoms with Gasteiger partial charge in [-0.15, -0.1) is 0 Å². The molecular weight excluding hydrogens is 466 g/mol. The molecule has 188 valence electrons. The maximum Gasteiger partial charge on any atom is 0.296 e. The van der Waals surface area contributed by atoms with Crippen molar-refractivity contribution in [2.24, 2.45) is 16.9 Å². The third-order valence-electron chi connectivity index (χ3n) is 6.88. The first-order valence-electron chi connectivity index (χ1n) is 12.5. The maximum absolute atomic E-state index is 13.5. The number of amides is 2. The van der Waals surface area contributed by atoms with Crippen LogP contribution in [0.1, 0.15) is 42.6 Å². The Morgan fingerprint density at radius 3 is 2.86 bits per heavy atom. The quantitative estimate of drug-likeness (QED) is 0.494. The summed E-state index contributed by atoms with van der Waals surface area (Å²) < 4.78 is 10.8. The molecule has 2 aliphatic carbocycles. The van der Waals surface area contributed by atoms with E-state index < -0.39 is 5.91 Å². The number of benzene rings is 1. The van der Waals surface area contributed by atoms with Gasteiger partial charge in [0.05, 0.1) is 43.2 Å². The summed E-state index contributed by atoms with van der Waals surface area (Å²) in [5, 5.41) is 9.34. The van der Waals surface area contributed by atoms with Gasteiger partial charge in [0.1, 0.15) is 11.5 Å². The molecule has 0 radical (unpaired) electrons. The van der Waals surface area contributed by atoms with Crippen LogP contribution in [-0.4, -0.2) is 35.7 Å². The topological polar surface area (TPSA) is 84.1 Å². The molecule has 1 aromatic carbocycles. The van der Waals surface area contributed by atoms with Crippen LogP contribution < -0.4 is 10.1 Å². The van der Waals surface area contributed by atoms with Crippen LogP contribution in [0, 0.1) is 23.7 Å². The van der Waals surface area contributed by atoms with Gasteiger partial charge in [-0.2, -0.15) is 5.10 Å². The summed E-state index contributed by atoms with van der Waals surface area (Å²) in [4.78, 5) is 25.8. The Bertz CT molecular complexity index is 1340. The Labute approximate surface area is 216 Å². The Morgan fingerprint density at radius 1 is 1.19 bits per heavy atom. The van der Waals surface area contributed by atoms with Crippen molar-refractivity contribution in [3.8, 4) is 17.6 Å². The van der Waals surface area contributed by atoms with E-state index in [0.717, 1.165) is 30.5 Å². The number of furan rings is 1. The fraction of sp³-hybridized carbons (Fsp3) is 0.300. The lowest BCUT2D eigenvalue weighted by Crippen LogP contribution is -2.48. The SMILES string of the molecule is COc1ccc(C2=NN([C@H]3C=CC=CCC3)C(=O)[C@@H]3CC=CC[C@H]23)cc1C#CC(=O)NCc1ccco1. The van der Waals surface area contributed by atoms with Gasteiger partial charge in [-0.05, 0) is 61.6 Å². The summed E-state index contributed by atoms with van der Waals surface area (Å²) >= 11 is 0. The van der Waals surface area contributed by atoms with Gasteiger partial charge in [0, 0.05) is 11.8 Å². The zero-order chi connectivity index (χ0) is 25.6. The first kappa shape index (κ1) is 24.4. The minimum atomic E-state index is -0.415. The molecule has 3 atom stereocenters. The van der Waals surface area contributed by atoms with Crippen molar-refractivity contribution in [2.45, 2.75) is 38.3 Å². The number of rotatable bonds is 5. The van der Waals surface area contributed by atoms with E-state index in [4.69, 9.17) is 14.3 Å². The number of nitrogens with one attached hydrogen (secondary N) is 1. The number of nitrogens with zero attached hydrogens (tertiary/aromatic N) is 2. The molecule has 7 nitrogen and oxygen atoms in total. The Balaban J connectivity index is 1.45. The number of methoxy groups -OCH3 is 1. The van der Waals surface area contributed by atoms with Crippen LogP contribution in [0.25, 0.3) is 0 Å². The first-order chi connectivity index (χ1) is 18.1. The van der Waals surface area contributed by atoms with E-state index in [1.54, 1.807) is 30.5 Å². The van der Waals surface area contributed by atoms with Crippen LogP contribution in [-0.2, 0) is 16.1 Å². The molecule has 0 spiro atoms. The fourth-order valence-electron chi connectivity index (χ4n) is 4.96. The van der Waals surface area contributed by atoms with E-state index in [-0.39, 0.29) is 30.3 Å². The van der Waals surface area contributed by atoms with Crippen LogP contribution in [0.3, 0.4) is 0 Å². The van der Waals surface area contributed by atoms with Gasteiger partial charge in [0.25, 0.3) is 5.91 Å². The fourth-order valence-corrected chi connectivity index (χ4v) is 4.96. The van der Waals surface area contributed by atoms with E-state index >= 15 is 0 Å². The van der Waals surface area contributed by atoms with Gasteiger partial charge in [0.2, 0.25) is 5.91 Å². The summed E-state index contributed by atoms with van der Waals surface area (Å²) in [7, 11) is 1.57. The smallest absolute Gasteiger partial charge is 0.296 e. The molecule has 1 aromatic heterocycles. The van der Waals surface area contributed by atoms with Gasteiger partial charge in [-0.3, -0.25) is 9.59 Å². The zero-order valence-electron chi connectivity index (χ0n) is 20.7. The molecular formula is C30H29N3O4. The van der Waals surface area contributed by atoms with E-state index in [1.807, 2.05) is 36.4 Å². The Hall–Kier alpha value is -4.31. The number of carbonyl (C=O) groups is 2. The van der Waals surface area contributed by atoms with Crippen molar-refractivity contribution >= 4 is 17.5 Å². The molecule has 3 aliphatic rings. The van der Waals surface area contributed by atoms with Gasteiger partial charge < -0.3 is 14.5 Å². The van der Waals surface area contributed by atoms with Crippen LogP contribution in [0.2, 0.25) is 0 Å². The second-order valence-electron chi connectivity index (χ2n) is 9.21. The van der Waals surface area contributed by atoms with E-state index in [0.29, 0.717) is 23.5 Å². The van der Waals surface area contributed by atoms with Crippen LogP contribution in [0.4, 0.5) is 0 Å². The lowest BCUT2D eigenvalue weighted by molar-refractivity contribution is -0.139. The van der Waals surface area contributed by atoms with Crippen molar-refractivity contribution in [1.82, 2.24) is 10.3 Å². The molecule has 1 N–H and O–H groups in total. The van der Waals surface area contributed by atoms with Crippen LogP contribution >= 0.6 is 0 Å². The van der Waals surface area contributed by atoms with Gasteiger partial charge in [-0.25, -0.2) is 5.01 Å². The number of allylic oxidation sites excluding steroid dienone is 5. The van der Waals surface area contributed by atoms with Gasteiger partial charge >= 0.3 is 0 Å².